The number of amides is 1. The van der Waals surface area contributed by atoms with Crippen LogP contribution in [-0.4, -0.2) is 60.5 Å². The fraction of sp³-hybridized carbons (Fsp3) is 0.938. The molecule has 20 heavy (non-hydrogen) atoms. The second kappa shape index (κ2) is 7.99. The first kappa shape index (κ1) is 15.8. The number of carbonyl (C=O) groups excluding carboxylic acids is 1. The van der Waals surface area contributed by atoms with Crippen molar-refractivity contribution in [2.24, 2.45) is 0 Å². The average molecular weight is 281 g/mol. The van der Waals surface area contributed by atoms with Gasteiger partial charge in [-0.1, -0.05) is 13.3 Å². The van der Waals surface area contributed by atoms with Crippen LogP contribution < -0.4 is 5.32 Å². The first-order valence-electron chi connectivity index (χ1n) is 8.46. The highest BCUT2D eigenvalue weighted by molar-refractivity contribution is 5.76. The Morgan fingerprint density at radius 2 is 1.80 bits per heavy atom. The van der Waals surface area contributed by atoms with Gasteiger partial charge in [0.2, 0.25) is 5.91 Å². The fourth-order valence-electron chi connectivity index (χ4n) is 3.58. The number of hydrogen-bond acceptors (Lipinski definition) is 3. The molecule has 2 saturated heterocycles. The Hall–Kier alpha value is -0.610. The summed E-state index contributed by atoms with van der Waals surface area (Å²) in [5.41, 5.74) is 0. The molecule has 0 aromatic carbocycles. The smallest absolute Gasteiger partial charge is 0.224 e. The van der Waals surface area contributed by atoms with Crippen molar-refractivity contribution in [3.8, 4) is 0 Å². The zero-order valence-corrected chi connectivity index (χ0v) is 13.2. The van der Waals surface area contributed by atoms with E-state index in [1.807, 2.05) is 0 Å². The summed E-state index contributed by atoms with van der Waals surface area (Å²) in [4.78, 5) is 17.0. The van der Waals surface area contributed by atoms with Crippen molar-refractivity contribution in [1.82, 2.24) is 15.1 Å². The van der Waals surface area contributed by atoms with Crippen LogP contribution in [0, 0.1) is 0 Å². The number of rotatable bonds is 5. The van der Waals surface area contributed by atoms with Crippen LogP contribution >= 0.6 is 0 Å². The van der Waals surface area contributed by atoms with E-state index in [1.54, 1.807) is 0 Å². The van der Waals surface area contributed by atoms with E-state index in [4.69, 9.17) is 0 Å². The largest absolute Gasteiger partial charge is 0.343 e. The van der Waals surface area contributed by atoms with E-state index in [9.17, 15) is 4.79 Å². The molecule has 0 aromatic heterocycles. The highest BCUT2D eigenvalue weighted by Crippen LogP contribution is 2.21. The van der Waals surface area contributed by atoms with Crippen molar-refractivity contribution in [1.29, 1.82) is 0 Å². The van der Waals surface area contributed by atoms with E-state index >= 15 is 0 Å². The predicted molar refractivity (Wildman–Crippen MR) is 82.8 cm³/mol. The topological polar surface area (TPSA) is 35.6 Å². The van der Waals surface area contributed by atoms with Crippen molar-refractivity contribution in [2.75, 3.05) is 32.7 Å². The van der Waals surface area contributed by atoms with Crippen LogP contribution in [0.4, 0.5) is 0 Å². The van der Waals surface area contributed by atoms with E-state index in [2.05, 4.69) is 29.0 Å². The van der Waals surface area contributed by atoms with E-state index in [0.717, 1.165) is 25.7 Å². The van der Waals surface area contributed by atoms with Gasteiger partial charge in [0.25, 0.3) is 0 Å². The third-order valence-electron chi connectivity index (χ3n) is 4.76. The molecule has 0 aromatic rings. The second-order valence-corrected chi connectivity index (χ2v) is 6.37. The molecule has 1 amide bonds. The monoisotopic (exact) mass is 281 g/mol. The van der Waals surface area contributed by atoms with Crippen LogP contribution in [0.15, 0.2) is 0 Å². The van der Waals surface area contributed by atoms with Gasteiger partial charge in [-0.2, -0.15) is 0 Å². The number of nitrogens with one attached hydrogen (secondary N) is 1. The lowest BCUT2D eigenvalue weighted by Gasteiger charge is -2.40. The molecule has 2 fully saturated rings. The molecule has 4 nitrogen and oxygen atoms in total. The maximum atomic E-state index is 12.2. The van der Waals surface area contributed by atoms with Gasteiger partial charge in [-0.25, -0.2) is 0 Å². The minimum atomic E-state index is 0.298. The molecule has 2 aliphatic heterocycles. The summed E-state index contributed by atoms with van der Waals surface area (Å²) >= 11 is 0. The Morgan fingerprint density at radius 1 is 1.15 bits per heavy atom. The standard InChI is InChI=1S/C16H31N3O/c1-3-17-14(2)13-16(20)19-11-7-15(8-12-19)18-9-5-4-6-10-18/h14-15,17H,3-13H2,1-2H3. The highest BCUT2D eigenvalue weighted by atomic mass is 16.2. The van der Waals surface area contributed by atoms with Gasteiger partial charge >= 0.3 is 0 Å². The Morgan fingerprint density at radius 3 is 2.40 bits per heavy atom. The minimum Gasteiger partial charge on any atom is -0.343 e. The molecule has 1 unspecified atom stereocenters. The molecule has 2 rings (SSSR count). The summed E-state index contributed by atoms with van der Waals surface area (Å²) in [5.74, 6) is 0.329. The molecule has 4 heteroatoms. The zero-order valence-electron chi connectivity index (χ0n) is 13.2. The Kier molecular flexibility index (Phi) is 6.30. The summed E-state index contributed by atoms with van der Waals surface area (Å²) < 4.78 is 0. The lowest BCUT2D eigenvalue weighted by atomic mass is 9.99. The number of hydrogen-bond donors (Lipinski definition) is 1. The molecule has 0 saturated carbocycles. The van der Waals surface area contributed by atoms with Gasteiger partial charge in [0.1, 0.15) is 0 Å². The van der Waals surface area contributed by atoms with E-state index in [-0.39, 0.29) is 0 Å². The number of piperidine rings is 2. The molecule has 2 heterocycles. The molecular weight excluding hydrogens is 250 g/mol. The summed E-state index contributed by atoms with van der Waals surface area (Å²) in [7, 11) is 0. The molecule has 1 N–H and O–H groups in total. The van der Waals surface area contributed by atoms with Crippen LogP contribution in [0.2, 0.25) is 0 Å². The maximum absolute atomic E-state index is 12.2. The van der Waals surface area contributed by atoms with Crippen molar-refractivity contribution in [2.45, 2.75) is 64.5 Å². The Bertz CT molecular complexity index is 294. The molecule has 116 valence electrons. The van der Waals surface area contributed by atoms with Gasteiger partial charge in [-0.05, 0) is 52.2 Å². The maximum Gasteiger partial charge on any atom is 0.224 e. The minimum absolute atomic E-state index is 0.298. The van der Waals surface area contributed by atoms with E-state index < -0.39 is 0 Å². The number of nitrogens with zero attached hydrogens (tertiary/aromatic N) is 2. The molecule has 0 radical (unpaired) electrons. The van der Waals surface area contributed by atoms with Gasteiger partial charge in [-0.15, -0.1) is 0 Å². The van der Waals surface area contributed by atoms with Gasteiger partial charge in [0.05, 0.1) is 0 Å². The van der Waals surface area contributed by atoms with Gasteiger partial charge in [0, 0.05) is 31.6 Å². The number of carbonyl (C=O) groups is 1. The van der Waals surface area contributed by atoms with Crippen molar-refractivity contribution >= 4 is 5.91 Å². The van der Waals surface area contributed by atoms with Crippen LogP contribution in [0.5, 0.6) is 0 Å². The quantitative estimate of drug-likeness (QED) is 0.835. The van der Waals surface area contributed by atoms with Crippen LogP contribution in [0.1, 0.15) is 52.4 Å². The first-order chi connectivity index (χ1) is 9.70. The lowest BCUT2D eigenvalue weighted by Crippen LogP contribution is -2.48. The summed E-state index contributed by atoms with van der Waals surface area (Å²) in [6, 6.07) is 1.03. The average Bonchev–Trinajstić information content (AvgIpc) is 2.48. The molecule has 2 aliphatic rings. The summed E-state index contributed by atoms with van der Waals surface area (Å²) in [5, 5.41) is 3.32. The lowest BCUT2D eigenvalue weighted by molar-refractivity contribution is -0.133. The number of likely N-dealkylation sites (tertiary alicyclic amines) is 2. The van der Waals surface area contributed by atoms with Crippen molar-refractivity contribution in [3.05, 3.63) is 0 Å². The molecule has 0 aliphatic carbocycles. The third kappa shape index (κ3) is 4.45. The second-order valence-electron chi connectivity index (χ2n) is 6.37. The van der Waals surface area contributed by atoms with E-state index in [1.165, 1.54) is 45.2 Å². The molecule has 0 bridgehead atoms. The highest BCUT2D eigenvalue weighted by Gasteiger charge is 2.27. The third-order valence-corrected chi connectivity index (χ3v) is 4.76. The van der Waals surface area contributed by atoms with Crippen LogP contribution in [0.25, 0.3) is 0 Å². The summed E-state index contributed by atoms with van der Waals surface area (Å²) in [6.07, 6.45) is 7.10. The molecular formula is C16H31N3O. The van der Waals surface area contributed by atoms with Crippen LogP contribution in [0.3, 0.4) is 0 Å². The SMILES string of the molecule is CCNC(C)CC(=O)N1CCC(N2CCCCC2)CC1. The Balaban J connectivity index is 1.71. The normalized spacial score (nSPS) is 23.8. The van der Waals surface area contributed by atoms with Crippen molar-refractivity contribution < 1.29 is 4.79 Å². The Labute approximate surface area is 123 Å². The first-order valence-corrected chi connectivity index (χ1v) is 8.46. The summed E-state index contributed by atoms with van der Waals surface area (Å²) in [6.45, 7) is 9.59. The molecule has 0 spiro atoms. The van der Waals surface area contributed by atoms with Crippen molar-refractivity contribution in [3.63, 3.8) is 0 Å². The predicted octanol–water partition coefficient (Wildman–Crippen LogP) is 1.85. The van der Waals surface area contributed by atoms with Gasteiger partial charge in [0.15, 0.2) is 0 Å². The van der Waals surface area contributed by atoms with Gasteiger partial charge in [-0.3, -0.25) is 4.79 Å². The fourth-order valence-corrected chi connectivity index (χ4v) is 3.58. The van der Waals surface area contributed by atoms with Gasteiger partial charge < -0.3 is 15.1 Å². The molecule has 1 atom stereocenters. The zero-order chi connectivity index (χ0) is 14.4. The van der Waals surface area contributed by atoms with E-state index in [0.29, 0.717) is 18.4 Å². The van der Waals surface area contributed by atoms with Crippen LogP contribution in [-0.2, 0) is 4.79 Å².